The van der Waals surface area contributed by atoms with E-state index in [4.69, 9.17) is 16.3 Å². The van der Waals surface area contributed by atoms with E-state index in [1.54, 1.807) is 20.8 Å². The summed E-state index contributed by atoms with van der Waals surface area (Å²) in [5.41, 5.74) is 0.0619. The Kier molecular flexibility index (Phi) is 9.60. The van der Waals surface area contributed by atoms with E-state index >= 15 is 0 Å². The highest BCUT2D eigenvalue weighted by molar-refractivity contribution is 8.00. The Balaban J connectivity index is 3.06. The van der Waals surface area contributed by atoms with E-state index in [0.29, 0.717) is 11.3 Å². The van der Waals surface area contributed by atoms with Crippen LogP contribution in [0.25, 0.3) is 0 Å². The zero-order valence-corrected chi connectivity index (χ0v) is 18.3. The first-order chi connectivity index (χ1) is 12.6. The van der Waals surface area contributed by atoms with Crippen LogP contribution >= 0.6 is 23.4 Å². The number of hydrogen-bond donors (Lipinski definition) is 1. The van der Waals surface area contributed by atoms with Crippen molar-refractivity contribution >= 4 is 40.9 Å². The summed E-state index contributed by atoms with van der Waals surface area (Å²) in [5, 5.41) is 2.38. The van der Waals surface area contributed by atoms with Gasteiger partial charge in [0, 0.05) is 10.8 Å². The van der Waals surface area contributed by atoms with Crippen molar-refractivity contribution in [2.45, 2.75) is 70.6 Å². The minimum Gasteiger partial charge on any atom is -0.462 e. The van der Waals surface area contributed by atoms with Gasteiger partial charge in [-0.3, -0.25) is 9.59 Å². The molecular formula is C20H29ClFNO3S. The summed E-state index contributed by atoms with van der Waals surface area (Å²) in [6.07, 6.45) is 1.18. The number of halogens is 2. The lowest BCUT2D eigenvalue weighted by Crippen LogP contribution is -2.25. The Hall–Kier alpha value is -1.27. The van der Waals surface area contributed by atoms with Gasteiger partial charge in [0.1, 0.15) is 11.1 Å². The van der Waals surface area contributed by atoms with Gasteiger partial charge in [-0.2, -0.15) is 0 Å². The van der Waals surface area contributed by atoms with E-state index in [2.05, 4.69) is 5.32 Å². The molecule has 0 saturated carbocycles. The Labute approximate surface area is 170 Å². The van der Waals surface area contributed by atoms with Crippen LogP contribution in [-0.4, -0.2) is 23.2 Å². The van der Waals surface area contributed by atoms with Crippen LogP contribution in [0.2, 0.25) is 5.02 Å². The van der Waals surface area contributed by atoms with Crippen molar-refractivity contribution in [3.05, 3.63) is 23.0 Å². The molecule has 1 rings (SSSR count). The Morgan fingerprint density at radius 3 is 2.37 bits per heavy atom. The number of anilines is 1. The second-order valence-electron chi connectivity index (χ2n) is 7.17. The third-order valence-electron chi connectivity index (χ3n) is 4.13. The molecule has 0 radical (unpaired) electrons. The fraction of sp³-hybridized carbons (Fsp3) is 0.600. The van der Waals surface area contributed by atoms with Gasteiger partial charge in [-0.25, -0.2) is 4.39 Å². The van der Waals surface area contributed by atoms with Crippen molar-refractivity contribution in [2.24, 2.45) is 11.8 Å². The van der Waals surface area contributed by atoms with Gasteiger partial charge in [0.15, 0.2) is 0 Å². The fourth-order valence-electron chi connectivity index (χ4n) is 2.21. The van der Waals surface area contributed by atoms with Crippen LogP contribution in [0.1, 0.15) is 54.4 Å². The zero-order chi connectivity index (χ0) is 20.7. The van der Waals surface area contributed by atoms with E-state index in [1.165, 1.54) is 17.8 Å². The molecule has 1 aromatic carbocycles. The molecule has 0 aliphatic heterocycles. The number of carbonyl (C=O) groups is 2. The van der Waals surface area contributed by atoms with Crippen molar-refractivity contribution < 1.29 is 18.7 Å². The summed E-state index contributed by atoms with van der Waals surface area (Å²) in [4.78, 5) is 25.1. The summed E-state index contributed by atoms with van der Waals surface area (Å²) in [7, 11) is 0. The maximum Gasteiger partial charge on any atom is 0.319 e. The minimum atomic E-state index is -0.606. The van der Waals surface area contributed by atoms with Gasteiger partial charge in [0.25, 0.3) is 0 Å². The second-order valence-corrected chi connectivity index (χ2v) is 8.82. The van der Waals surface area contributed by atoms with Crippen LogP contribution < -0.4 is 5.32 Å². The van der Waals surface area contributed by atoms with Crippen LogP contribution in [0, 0.1) is 17.7 Å². The van der Waals surface area contributed by atoms with E-state index in [0.717, 1.165) is 12.5 Å². The van der Waals surface area contributed by atoms with Crippen LogP contribution in [0.4, 0.5) is 10.1 Å². The van der Waals surface area contributed by atoms with Crippen LogP contribution in [0.15, 0.2) is 17.0 Å². The number of hydrogen-bond acceptors (Lipinski definition) is 4. The first-order valence-corrected chi connectivity index (χ1v) is 10.5. The number of amides is 1. The van der Waals surface area contributed by atoms with Crippen molar-refractivity contribution in [1.82, 2.24) is 0 Å². The zero-order valence-electron chi connectivity index (χ0n) is 16.8. The van der Waals surface area contributed by atoms with E-state index in [9.17, 15) is 14.0 Å². The molecule has 0 aliphatic carbocycles. The molecule has 0 bridgehead atoms. The smallest absolute Gasteiger partial charge is 0.319 e. The summed E-state index contributed by atoms with van der Waals surface area (Å²) in [6.45, 7) is 11.2. The summed E-state index contributed by atoms with van der Waals surface area (Å²) in [5.74, 6) is -1.31. The second kappa shape index (κ2) is 10.9. The van der Waals surface area contributed by atoms with Crippen LogP contribution in [-0.2, 0) is 14.3 Å². The molecule has 1 amide bonds. The molecule has 2 unspecified atom stereocenters. The van der Waals surface area contributed by atoms with Gasteiger partial charge >= 0.3 is 5.97 Å². The lowest BCUT2D eigenvalue weighted by atomic mass is 9.97. The predicted molar refractivity (Wildman–Crippen MR) is 110 cm³/mol. The van der Waals surface area contributed by atoms with Crippen molar-refractivity contribution in [1.29, 1.82) is 0 Å². The first kappa shape index (κ1) is 23.8. The van der Waals surface area contributed by atoms with Gasteiger partial charge in [-0.05, 0) is 38.3 Å². The topological polar surface area (TPSA) is 55.4 Å². The van der Waals surface area contributed by atoms with Crippen molar-refractivity contribution in [2.75, 3.05) is 5.32 Å². The lowest BCUT2D eigenvalue weighted by Gasteiger charge is -2.19. The fourth-order valence-corrected chi connectivity index (χ4v) is 3.67. The average Bonchev–Trinajstić information content (AvgIpc) is 2.56. The Morgan fingerprint density at radius 1 is 1.22 bits per heavy atom. The van der Waals surface area contributed by atoms with E-state index in [1.807, 2.05) is 20.8 Å². The number of rotatable bonds is 9. The van der Waals surface area contributed by atoms with Crippen LogP contribution in [0.3, 0.4) is 0 Å². The molecule has 0 aromatic heterocycles. The largest absolute Gasteiger partial charge is 0.462 e. The SMILES string of the molecule is CCCC(Sc1cc(NC(=O)C(C)C(C)C)c(F)cc1Cl)C(=O)OC(C)C. The van der Waals surface area contributed by atoms with Gasteiger partial charge in [-0.1, -0.05) is 45.7 Å². The Bertz CT molecular complexity index is 667. The molecule has 0 fully saturated rings. The highest BCUT2D eigenvalue weighted by Gasteiger charge is 2.24. The minimum absolute atomic E-state index is 0.0619. The number of thioether (sulfide) groups is 1. The third kappa shape index (κ3) is 7.34. The Morgan fingerprint density at radius 2 is 1.85 bits per heavy atom. The molecule has 7 heteroatoms. The molecule has 0 spiro atoms. The monoisotopic (exact) mass is 417 g/mol. The molecular weight excluding hydrogens is 389 g/mol. The lowest BCUT2D eigenvalue weighted by molar-refractivity contribution is -0.146. The summed E-state index contributed by atoms with van der Waals surface area (Å²) < 4.78 is 19.6. The summed E-state index contributed by atoms with van der Waals surface area (Å²) in [6, 6.07) is 2.65. The predicted octanol–water partition coefficient (Wildman–Crippen LogP) is 5.92. The highest BCUT2D eigenvalue weighted by Crippen LogP contribution is 2.36. The number of carbonyl (C=O) groups excluding carboxylic acids is 2. The van der Waals surface area contributed by atoms with Gasteiger partial charge in [0.05, 0.1) is 16.8 Å². The van der Waals surface area contributed by atoms with Crippen molar-refractivity contribution in [3.63, 3.8) is 0 Å². The van der Waals surface area contributed by atoms with Crippen molar-refractivity contribution in [3.8, 4) is 0 Å². The summed E-state index contributed by atoms with van der Waals surface area (Å²) >= 11 is 7.41. The quantitative estimate of drug-likeness (QED) is 0.400. The maximum absolute atomic E-state index is 14.3. The molecule has 1 N–H and O–H groups in total. The van der Waals surface area contributed by atoms with Gasteiger partial charge in [-0.15, -0.1) is 11.8 Å². The molecule has 27 heavy (non-hydrogen) atoms. The number of benzene rings is 1. The maximum atomic E-state index is 14.3. The standard InChI is InChI=1S/C20H29ClFNO3S/c1-7-8-17(20(25)26-12(4)5)27-18-10-16(15(22)9-14(18)21)23-19(24)13(6)11(2)3/h9-13,17H,7-8H2,1-6H3,(H,23,24). The van der Waals surface area contributed by atoms with E-state index in [-0.39, 0.29) is 40.5 Å². The third-order valence-corrected chi connectivity index (χ3v) is 5.86. The molecule has 152 valence electrons. The molecule has 0 heterocycles. The first-order valence-electron chi connectivity index (χ1n) is 9.23. The number of ether oxygens (including phenoxy) is 1. The van der Waals surface area contributed by atoms with E-state index < -0.39 is 11.1 Å². The number of esters is 1. The highest BCUT2D eigenvalue weighted by atomic mass is 35.5. The van der Waals surface area contributed by atoms with Gasteiger partial charge < -0.3 is 10.1 Å². The van der Waals surface area contributed by atoms with Gasteiger partial charge in [0.2, 0.25) is 5.91 Å². The normalized spacial score (nSPS) is 13.6. The molecule has 1 aromatic rings. The number of nitrogens with one attached hydrogen (secondary N) is 1. The van der Waals surface area contributed by atoms with Crippen LogP contribution in [0.5, 0.6) is 0 Å². The molecule has 0 aliphatic rings. The molecule has 4 nitrogen and oxygen atoms in total. The molecule has 2 atom stereocenters. The molecule has 0 saturated heterocycles. The average molecular weight is 418 g/mol.